The van der Waals surface area contributed by atoms with E-state index in [0.717, 1.165) is 89.9 Å². The van der Waals surface area contributed by atoms with Crippen LogP contribution in [0.5, 0.6) is 0 Å². The van der Waals surface area contributed by atoms with Crippen molar-refractivity contribution in [2.45, 2.75) is 200 Å². The number of esters is 3. The lowest BCUT2D eigenvalue weighted by molar-refractivity contribution is -0.167. The highest BCUT2D eigenvalue weighted by atomic mass is 16.6. The van der Waals surface area contributed by atoms with Gasteiger partial charge < -0.3 is 14.2 Å². The van der Waals surface area contributed by atoms with E-state index in [1.54, 1.807) is 0 Å². The van der Waals surface area contributed by atoms with Gasteiger partial charge in [0.1, 0.15) is 13.2 Å². The molecule has 0 aromatic rings. The van der Waals surface area contributed by atoms with Crippen LogP contribution in [-0.2, 0) is 28.6 Å². The zero-order valence-corrected chi connectivity index (χ0v) is 36.1. The van der Waals surface area contributed by atoms with E-state index in [1.807, 2.05) is 36.5 Å². The molecule has 0 saturated heterocycles. The van der Waals surface area contributed by atoms with Gasteiger partial charge >= 0.3 is 17.9 Å². The second-order valence-corrected chi connectivity index (χ2v) is 14.7. The van der Waals surface area contributed by atoms with Crippen molar-refractivity contribution in [2.75, 3.05) is 13.2 Å². The normalized spacial score (nSPS) is 12.8. The Bertz CT molecular complexity index is 1120. The molecule has 0 radical (unpaired) electrons. The molecule has 0 heterocycles. The third kappa shape index (κ3) is 41.7. The van der Waals surface area contributed by atoms with E-state index in [2.05, 4.69) is 69.4 Å². The van der Waals surface area contributed by atoms with Crippen LogP contribution in [0, 0.1) is 0 Å². The Balaban J connectivity index is 4.52. The SMILES string of the molecule is CC\C=C/C=C\C=C/C=C\CCCCCC(=O)OC(COC(=O)CCCCC/C=C\C=C/CCCC)COC(=O)CCCCC/C=C\CCCCCCCCC. The van der Waals surface area contributed by atoms with Crippen LogP contribution in [0.3, 0.4) is 0 Å². The molecule has 0 aliphatic rings. The average molecular weight is 779 g/mol. The Hall–Kier alpha value is -3.41. The van der Waals surface area contributed by atoms with Gasteiger partial charge in [0.25, 0.3) is 0 Å². The Morgan fingerprint density at radius 2 is 0.732 bits per heavy atom. The van der Waals surface area contributed by atoms with Crippen LogP contribution >= 0.6 is 0 Å². The predicted octanol–water partition coefficient (Wildman–Crippen LogP) is 14.5. The van der Waals surface area contributed by atoms with Crippen LogP contribution in [0.25, 0.3) is 0 Å². The highest BCUT2D eigenvalue weighted by molar-refractivity contribution is 5.71. The molecule has 318 valence electrons. The molecule has 0 amide bonds. The molecule has 0 fully saturated rings. The molecule has 0 aliphatic carbocycles. The van der Waals surface area contributed by atoms with Gasteiger partial charge in [-0.15, -0.1) is 0 Å². The first-order valence-corrected chi connectivity index (χ1v) is 22.7. The second kappa shape index (κ2) is 44.3. The number of ether oxygens (including phenoxy) is 3. The van der Waals surface area contributed by atoms with Gasteiger partial charge in [-0.25, -0.2) is 0 Å². The summed E-state index contributed by atoms with van der Waals surface area (Å²) in [5.41, 5.74) is 0. The lowest BCUT2D eigenvalue weighted by atomic mass is 10.1. The third-order valence-corrected chi connectivity index (χ3v) is 9.23. The first kappa shape index (κ1) is 52.6. The molecule has 0 aromatic heterocycles. The monoisotopic (exact) mass is 779 g/mol. The molecule has 6 heteroatoms. The molecule has 6 nitrogen and oxygen atoms in total. The minimum atomic E-state index is -0.811. The van der Waals surface area contributed by atoms with E-state index in [-0.39, 0.29) is 37.5 Å². The summed E-state index contributed by atoms with van der Waals surface area (Å²) in [4.78, 5) is 37.7. The van der Waals surface area contributed by atoms with Crippen molar-refractivity contribution in [1.82, 2.24) is 0 Å². The van der Waals surface area contributed by atoms with Crippen molar-refractivity contribution in [1.29, 1.82) is 0 Å². The summed E-state index contributed by atoms with van der Waals surface area (Å²) in [5.74, 6) is -1.00. The Kier molecular flexibility index (Phi) is 41.6. The molecular formula is C50H82O6. The zero-order valence-electron chi connectivity index (χ0n) is 36.1. The van der Waals surface area contributed by atoms with Gasteiger partial charge in [-0.2, -0.15) is 0 Å². The van der Waals surface area contributed by atoms with Crippen LogP contribution in [-0.4, -0.2) is 37.2 Å². The first-order chi connectivity index (χ1) is 27.5. The van der Waals surface area contributed by atoms with Crippen molar-refractivity contribution in [3.8, 4) is 0 Å². The first-order valence-electron chi connectivity index (χ1n) is 22.7. The zero-order chi connectivity index (χ0) is 40.8. The van der Waals surface area contributed by atoms with E-state index in [1.165, 1.54) is 57.8 Å². The molecule has 0 saturated carbocycles. The summed E-state index contributed by atoms with van der Waals surface area (Å²) in [6.07, 6.45) is 55.7. The van der Waals surface area contributed by atoms with E-state index < -0.39 is 6.10 Å². The molecule has 0 N–H and O–H groups in total. The molecule has 0 aromatic carbocycles. The fraction of sp³-hybridized carbons (Fsp3) is 0.660. The van der Waals surface area contributed by atoms with Gasteiger partial charge in [-0.3, -0.25) is 14.4 Å². The van der Waals surface area contributed by atoms with Crippen LogP contribution in [0.1, 0.15) is 194 Å². The summed E-state index contributed by atoms with van der Waals surface area (Å²) >= 11 is 0. The Labute approximate surface area is 344 Å². The van der Waals surface area contributed by atoms with Gasteiger partial charge in [0.2, 0.25) is 0 Å². The molecule has 1 unspecified atom stereocenters. The maximum absolute atomic E-state index is 12.7. The van der Waals surface area contributed by atoms with Crippen LogP contribution in [0.2, 0.25) is 0 Å². The largest absolute Gasteiger partial charge is 0.462 e. The summed E-state index contributed by atoms with van der Waals surface area (Å²) in [5, 5.41) is 0. The number of carbonyl (C=O) groups is 3. The number of carbonyl (C=O) groups excluding carboxylic acids is 3. The van der Waals surface area contributed by atoms with Crippen molar-refractivity contribution in [3.63, 3.8) is 0 Å². The summed E-state index contributed by atoms with van der Waals surface area (Å²) in [6.45, 7) is 6.34. The highest BCUT2D eigenvalue weighted by Gasteiger charge is 2.19. The van der Waals surface area contributed by atoms with E-state index >= 15 is 0 Å². The van der Waals surface area contributed by atoms with Crippen molar-refractivity contribution >= 4 is 17.9 Å². The fourth-order valence-electron chi connectivity index (χ4n) is 5.77. The lowest BCUT2D eigenvalue weighted by Gasteiger charge is -2.18. The summed E-state index contributed by atoms with van der Waals surface area (Å²) in [7, 11) is 0. The second-order valence-electron chi connectivity index (χ2n) is 14.7. The molecule has 0 rings (SSSR count). The van der Waals surface area contributed by atoms with Crippen LogP contribution in [0.4, 0.5) is 0 Å². The Morgan fingerprint density at radius 3 is 1.21 bits per heavy atom. The smallest absolute Gasteiger partial charge is 0.306 e. The quantitative estimate of drug-likeness (QED) is 0.0203. The van der Waals surface area contributed by atoms with E-state index in [9.17, 15) is 14.4 Å². The maximum atomic E-state index is 12.7. The minimum absolute atomic E-state index is 0.110. The predicted molar refractivity (Wildman–Crippen MR) is 237 cm³/mol. The third-order valence-electron chi connectivity index (χ3n) is 9.23. The van der Waals surface area contributed by atoms with Crippen molar-refractivity contribution in [2.24, 2.45) is 0 Å². The number of unbranched alkanes of at least 4 members (excludes halogenated alkanes) is 18. The number of allylic oxidation sites excluding steroid dienone is 14. The topological polar surface area (TPSA) is 78.9 Å². The van der Waals surface area contributed by atoms with Crippen LogP contribution < -0.4 is 0 Å². The standard InChI is InChI=1S/C50H82O6/c1-4-7-10-13-16-19-22-24-26-28-31-34-37-40-43-49(52)55-46-47(45-54-48(51)42-39-36-33-30-27-21-18-15-12-9-6-3)56-50(53)44-41-38-35-32-29-25-23-20-17-14-11-8-5-2/h8,11,14-15,17-18,20-21,23,25-29,47H,4-7,9-10,12-13,16,19,22,24,30-46H2,1-3H3/b11-8-,17-14-,18-15-,23-20-,27-21-,28-26-,29-25-. The van der Waals surface area contributed by atoms with Gasteiger partial charge in [0.15, 0.2) is 6.10 Å². The average Bonchev–Trinajstić information content (AvgIpc) is 3.19. The summed E-state index contributed by atoms with van der Waals surface area (Å²) < 4.78 is 16.6. The van der Waals surface area contributed by atoms with E-state index in [4.69, 9.17) is 14.2 Å². The molecule has 0 spiro atoms. The number of hydrogen-bond donors (Lipinski definition) is 0. The summed E-state index contributed by atoms with van der Waals surface area (Å²) in [6, 6.07) is 0. The molecule has 0 aliphatic heterocycles. The van der Waals surface area contributed by atoms with E-state index in [0.29, 0.717) is 19.3 Å². The van der Waals surface area contributed by atoms with Gasteiger partial charge in [0.05, 0.1) is 0 Å². The van der Waals surface area contributed by atoms with Gasteiger partial charge in [-0.1, -0.05) is 176 Å². The maximum Gasteiger partial charge on any atom is 0.306 e. The Morgan fingerprint density at radius 1 is 0.375 bits per heavy atom. The van der Waals surface area contributed by atoms with Gasteiger partial charge in [0, 0.05) is 19.3 Å². The van der Waals surface area contributed by atoms with Crippen molar-refractivity contribution in [3.05, 3.63) is 85.1 Å². The molecule has 1 atom stereocenters. The highest BCUT2D eigenvalue weighted by Crippen LogP contribution is 2.12. The fourth-order valence-corrected chi connectivity index (χ4v) is 5.77. The molecular weight excluding hydrogens is 697 g/mol. The number of hydrogen-bond acceptors (Lipinski definition) is 6. The molecule has 0 bridgehead atoms. The van der Waals surface area contributed by atoms with Crippen LogP contribution in [0.15, 0.2) is 85.1 Å². The minimum Gasteiger partial charge on any atom is -0.462 e. The van der Waals surface area contributed by atoms with Crippen molar-refractivity contribution < 1.29 is 28.6 Å². The lowest BCUT2D eigenvalue weighted by Crippen LogP contribution is -2.30. The number of rotatable bonds is 39. The molecule has 56 heavy (non-hydrogen) atoms. The van der Waals surface area contributed by atoms with Gasteiger partial charge in [-0.05, 0) is 83.5 Å².